The van der Waals surface area contributed by atoms with Crippen molar-refractivity contribution in [2.24, 2.45) is 5.73 Å². The Balaban J connectivity index is 3.68. The molecular formula is C9H16N2S. The van der Waals surface area contributed by atoms with Gasteiger partial charge in [-0.2, -0.15) is 0 Å². The highest BCUT2D eigenvalue weighted by atomic mass is 32.1. The molecule has 0 fully saturated rings. The molecule has 0 aliphatic heterocycles. The molecule has 12 heavy (non-hydrogen) atoms. The Bertz CT molecular complexity index is 156. The fourth-order valence-electron chi connectivity index (χ4n) is 0.891. The minimum Gasteiger partial charge on any atom is -0.393 e. The van der Waals surface area contributed by atoms with Gasteiger partial charge < -0.3 is 5.73 Å². The van der Waals surface area contributed by atoms with Crippen molar-refractivity contribution in [1.29, 1.82) is 0 Å². The van der Waals surface area contributed by atoms with E-state index in [0.717, 1.165) is 26.1 Å². The molecule has 0 bridgehead atoms. The van der Waals surface area contributed by atoms with E-state index in [4.69, 9.17) is 18.0 Å². The Hall–Kier alpha value is -0.670. The van der Waals surface area contributed by atoms with Crippen LogP contribution in [0.3, 0.4) is 0 Å². The topological polar surface area (TPSA) is 29.3 Å². The van der Waals surface area contributed by atoms with Crippen LogP contribution in [0.15, 0.2) is 25.3 Å². The van der Waals surface area contributed by atoms with Crippen LogP contribution in [0.4, 0.5) is 0 Å². The number of hydrogen-bond acceptors (Lipinski definition) is 2. The average molecular weight is 184 g/mol. The molecule has 0 unspecified atom stereocenters. The third-order valence-electron chi connectivity index (χ3n) is 1.45. The van der Waals surface area contributed by atoms with E-state index < -0.39 is 0 Å². The first-order chi connectivity index (χ1) is 5.70. The summed E-state index contributed by atoms with van der Waals surface area (Å²) in [5, 5.41) is 0. The molecule has 0 rings (SSSR count). The van der Waals surface area contributed by atoms with Crippen molar-refractivity contribution >= 4 is 17.2 Å². The molecule has 2 nitrogen and oxygen atoms in total. The number of rotatable bonds is 7. The molecule has 0 saturated heterocycles. The van der Waals surface area contributed by atoms with Crippen molar-refractivity contribution in [1.82, 2.24) is 4.90 Å². The minimum absolute atomic E-state index is 0.563. The van der Waals surface area contributed by atoms with E-state index >= 15 is 0 Å². The van der Waals surface area contributed by atoms with Crippen molar-refractivity contribution in [3.63, 3.8) is 0 Å². The van der Waals surface area contributed by atoms with Gasteiger partial charge in [-0.25, -0.2) is 0 Å². The predicted octanol–water partition coefficient (Wildman–Crippen LogP) is 1.34. The van der Waals surface area contributed by atoms with Gasteiger partial charge in [0.2, 0.25) is 0 Å². The van der Waals surface area contributed by atoms with Crippen LogP contribution in [0.1, 0.15) is 6.42 Å². The number of thiocarbonyl (C=S) groups is 1. The maximum Gasteiger partial charge on any atom is 0.0740 e. The second kappa shape index (κ2) is 7.00. The van der Waals surface area contributed by atoms with Crippen molar-refractivity contribution in [3.8, 4) is 0 Å². The zero-order valence-electron chi connectivity index (χ0n) is 7.33. The summed E-state index contributed by atoms with van der Waals surface area (Å²) in [5.41, 5.74) is 5.39. The van der Waals surface area contributed by atoms with Gasteiger partial charge in [-0.1, -0.05) is 24.4 Å². The van der Waals surface area contributed by atoms with Crippen LogP contribution in [-0.2, 0) is 0 Å². The first kappa shape index (κ1) is 11.3. The number of nitrogens with two attached hydrogens (primary N) is 1. The van der Waals surface area contributed by atoms with Gasteiger partial charge in [0, 0.05) is 26.1 Å². The molecule has 0 atom stereocenters. The van der Waals surface area contributed by atoms with Gasteiger partial charge in [-0.15, -0.1) is 13.2 Å². The fraction of sp³-hybridized carbons (Fsp3) is 0.444. The summed E-state index contributed by atoms with van der Waals surface area (Å²) in [6, 6.07) is 0. The second-order valence-corrected chi connectivity index (χ2v) is 3.08. The van der Waals surface area contributed by atoms with Crippen LogP contribution in [-0.4, -0.2) is 29.5 Å². The Morgan fingerprint density at radius 1 is 1.33 bits per heavy atom. The quantitative estimate of drug-likeness (QED) is 0.478. The van der Waals surface area contributed by atoms with Gasteiger partial charge >= 0.3 is 0 Å². The molecule has 0 aromatic rings. The molecule has 0 spiro atoms. The van der Waals surface area contributed by atoms with Gasteiger partial charge in [0.25, 0.3) is 0 Å². The molecule has 68 valence electrons. The van der Waals surface area contributed by atoms with Crippen LogP contribution >= 0.6 is 12.2 Å². The smallest absolute Gasteiger partial charge is 0.0740 e. The summed E-state index contributed by atoms with van der Waals surface area (Å²) >= 11 is 4.78. The highest BCUT2D eigenvalue weighted by Gasteiger charge is 1.99. The van der Waals surface area contributed by atoms with Gasteiger partial charge in [0.15, 0.2) is 0 Å². The van der Waals surface area contributed by atoms with E-state index in [2.05, 4.69) is 18.1 Å². The van der Waals surface area contributed by atoms with E-state index in [-0.39, 0.29) is 0 Å². The maximum absolute atomic E-state index is 5.39. The molecular weight excluding hydrogens is 168 g/mol. The highest BCUT2D eigenvalue weighted by Crippen LogP contribution is 1.92. The van der Waals surface area contributed by atoms with Crippen molar-refractivity contribution in [3.05, 3.63) is 25.3 Å². The molecule has 2 N–H and O–H groups in total. The minimum atomic E-state index is 0.563. The third-order valence-corrected chi connectivity index (χ3v) is 1.65. The second-order valence-electron chi connectivity index (χ2n) is 2.55. The molecule has 0 aliphatic carbocycles. The lowest BCUT2D eigenvalue weighted by molar-refractivity contribution is 0.346. The Morgan fingerprint density at radius 2 is 1.83 bits per heavy atom. The lowest BCUT2D eigenvalue weighted by Crippen LogP contribution is -2.27. The normalized spacial score (nSPS) is 9.75. The first-order valence-corrected chi connectivity index (χ1v) is 4.34. The molecule has 0 saturated carbocycles. The van der Waals surface area contributed by atoms with E-state index in [1.807, 2.05) is 12.2 Å². The molecule has 0 amide bonds. The summed E-state index contributed by atoms with van der Waals surface area (Å²) in [4.78, 5) is 2.74. The number of hydrogen-bond donors (Lipinski definition) is 1. The van der Waals surface area contributed by atoms with Crippen LogP contribution in [0, 0.1) is 0 Å². The first-order valence-electron chi connectivity index (χ1n) is 3.93. The van der Waals surface area contributed by atoms with Crippen LogP contribution in [0.2, 0.25) is 0 Å². The SMILES string of the molecule is C=CCN(CC=C)CCC(N)=S. The van der Waals surface area contributed by atoms with Gasteiger partial charge in [-0.05, 0) is 0 Å². The van der Waals surface area contributed by atoms with Gasteiger partial charge in [-0.3, -0.25) is 4.90 Å². The monoisotopic (exact) mass is 184 g/mol. The number of nitrogens with zero attached hydrogens (tertiary/aromatic N) is 1. The van der Waals surface area contributed by atoms with Crippen molar-refractivity contribution < 1.29 is 0 Å². The van der Waals surface area contributed by atoms with Crippen LogP contribution < -0.4 is 5.73 Å². The Labute approximate surface area is 79.7 Å². The Kier molecular flexibility index (Phi) is 6.61. The standard InChI is InChI=1S/C9H16N2S/c1-3-6-11(7-4-2)8-5-9(10)12/h3-4H,1-2,5-8H2,(H2,10,12). The predicted molar refractivity (Wildman–Crippen MR) is 58.2 cm³/mol. The van der Waals surface area contributed by atoms with Gasteiger partial charge in [0.1, 0.15) is 0 Å². The van der Waals surface area contributed by atoms with Crippen molar-refractivity contribution in [2.45, 2.75) is 6.42 Å². The zero-order chi connectivity index (χ0) is 9.40. The molecule has 0 aliphatic rings. The Morgan fingerprint density at radius 3 is 2.17 bits per heavy atom. The van der Waals surface area contributed by atoms with Crippen LogP contribution in [0.25, 0.3) is 0 Å². The summed E-state index contributed by atoms with van der Waals surface area (Å²) in [6.45, 7) is 9.93. The van der Waals surface area contributed by atoms with Gasteiger partial charge in [0.05, 0.1) is 4.99 Å². The van der Waals surface area contributed by atoms with E-state index in [9.17, 15) is 0 Å². The highest BCUT2D eigenvalue weighted by molar-refractivity contribution is 7.80. The summed E-state index contributed by atoms with van der Waals surface area (Å²) in [5.74, 6) is 0. The summed E-state index contributed by atoms with van der Waals surface area (Å²) in [6.07, 6.45) is 4.49. The average Bonchev–Trinajstić information content (AvgIpc) is 2.01. The molecule has 0 heterocycles. The summed E-state index contributed by atoms with van der Waals surface area (Å²) < 4.78 is 0. The van der Waals surface area contributed by atoms with Crippen molar-refractivity contribution in [2.75, 3.05) is 19.6 Å². The molecule has 0 radical (unpaired) electrons. The maximum atomic E-state index is 5.39. The van der Waals surface area contributed by atoms with E-state index in [1.54, 1.807) is 0 Å². The lowest BCUT2D eigenvalue weighted by atomic mass is 10.3. The van der Waals surface area contributed by atoms with E-state index in [1.165, 1.54) is 0 Å². The lowest BCUT2D eigenvalue weighted by Gasteiger charge is -2.17. The fourth-order valence-corrected chi connectivity index (χ4v) is 0.982. The largest absolute Gasteiger partial charge is 0.393 e. The summed E-state index contributed by atoms with van der Waals surface area (Å²) in [7, 11) is 0. The molecule has 0 aromatic heterocycles. The molecule has 3 heteroatoms. The zero-order valence-corrected chi connectivity index (χ0v) is 8.15. The third kappa shape index (κ3) is 6.07. The molecule has 0 aromatic carbocycles. The van der Waals surface area contributed by atoms with Crippen LogP contribution in [0.5, 0.6) is 0 Å². The van der Waals surface area contributed by atoms with E-state index in [0.29, 0.717) is 4.99 Å².